The lowest BCUT2D eigenvalue weighted by atomic mass is 9.72. The lowest BCUT2D eigenvalue weighted by molar-refractivity contribution is 0.0495. The Morgan fingerprint density at radius 2 is 1.67 bits per heavy atom. The zero-order valence-electron chi connectivity index (χ0n) is 14.3. The molecule has 0 saturated heterocycles. The number of hydrogen-bond donors (Lipinski definition) is 1. The minimum atomic E-state index is -0.0153. The van der Waals surface area contributed by atoms with Crippen LogP contribution in [0.2, 0.25) is 0 Å². The van der Waals surface area contributed by atoms with E-state index in [4.69, 9.17) is 0 Å². The summed E-state index contributed by atoms with van der Waals surface area (Å²) in [5, 5.41) is 10.0. The number of aliphatic hydroxyl groups excluding tert-OH is 1. The average Bonchev–Trinajstić information content (AvgIpc) is 3.25. The molecule has 3 unspecified atom stereocenters. The smallest absolute Gasteiger partial charge is 0.0568 e. The third-order valence-corrected chi connectivity index (χ3v) is 7.32. The standard InChI is InChI=1S/C20H36O/c1-15-5-9-18(10-6-15)20(12-13-20)11-3-4-17-8-7-16(2)19(21)14-17/h15-19,21H,3-14H2,1-2H3. The summed E-state index contributed by atoms with van der Waals surface area (Å²) in [6, 6.07) is 0. The topological polar surface area (TPSA) is 20.2 Å². The summed E-state index contributed by atoms with van der Waals surface area (Å²) in [6.07, 6.45) is 17.0. The van der Waals surface area contributed by atoms with Crippen LogP contribution in [0.5, 0.6) is 0 Å². The number of hydrogen-bond acceptors (Lipinski definition) is 1. The number of aliphatic hydroxyl groups is 1. The lowest BCUT2D eigenvalue weighted by Gasteiger charge is -2.34. The van der Waals surface area contributed by atoms with Crippen molar-refractivity contribution in [1.29, 1.82) is 0 Å². The Balaban J connectivity index is 1.39. The highest BCUT2D eigenvalue weighted by molar-refractivity contribution is 4.99. The van der Waals surface area contributed by atoms with Gasteiger partial charge in [0.1, 0.15) is 0 Å². The zero-order chi connectivity index (χ0) is 14.9. The van der Waals surface area contributed by atoms with Crippen molar-refractivity contribution < 1.29 is 5.11 Å². The van der Waals surface area contributed by atoms with Crippen LogP contribution in [0.3, 0.4) is 0 Å². The summed E-state index contributed by atoms with van der Waals surface area (Å²) in [6.45, 7) is 4.65. The first-order chi connectivity index (χ1) is 10.1. The summed E-state index contributed by atoms with van der Waals surface area (Å²) < 4.78 is 0. The molecule has 122 valence electrons. The van der Waals surface area contributed by atoms with E-state index in [9.17, 15) is 5.11 Å². The van der Waals surface area contributed by atoms with Gasteiger partial charge in [0.2, 0.25) is 0 Å². The van der Waals surface area contributed by atoms with Gasteiger partial charge in [-0.3, -0.25) is 0 Å². The van der Waals surface area contributed by atoms with Gasteiger partial charge in [-0.25, -0.2) is 0 Å². The Morgan fingerprint density at radius 1 is 0.952 bits per heavy atom. The van der Waals surface area contributed by atoms with Gasteiger partial charge in [-0.1, -0.05) is 46.0 Å². The molecule has 1 N–H and O–H groups in total. The molecule has 0 aromatic carbocycles. The van der Waals surface area contributed by atoms with E-state index in [-0.39, 0.29) is 6.10 Å². The van der Waals surface area contributed by atoms with E-state index in [1.54, 1.807) is 0 Å². The Labute approximate surface area is 131 Å². The first kappa shape index (κ1) is 15.8. The van der Waals surface area contributed by atoms with E-state index in [1.165, 1.54) is 70.6 Å². The van der Waals surface area contributed by atoms with Crippen molar-refractivity contribution in [2.45, 2.75) is 97.0 Å². The van der Waals surface area contributed by atoms with E-state index < -0.39 is 0 Å². The Morgan fingerprint density at radius 3 is 2.29 bits per heavy atom. The first-order valence-corrected chi connectivity index (χ1v) is 9.77. The molecular weight excluding hydrogens is 256 g/mol. The van der Waals surface area contributed by atoms with Crippen LogP contribution in [0.25, 0.3) is 0 Å². The van der Waals surface area contributed by atoms with Crippen molar-refractivity contribution in [3.05, 3.63) is 0 Å². The van der Waals surface area contributed by atoms with Gasteiger partial charge in [0, 0.05) is 0 Å². The maximum absolute atomic E-state index is 10.0. The second-order valence-electron chi connectivity index (χ2n) is 8.94. The van der Waals surface area contributed by atoms with Crippen molar-refractivity contribution in [2.75, 3.05) is 0 Å². The van der Waals surface area contributed by atoms with Crippen LogP contribution < -0.4 is 0 Å². The van der Waals surface area contributed by atoms with Gasteiger partial charge in [-0.2, -0.15) is 0 Å². The summed E-state index contributed by atoms with van der Waals surface area (Å²) in [7, 11) is 0. The van der Waals surface area contributed by atoms with Crippen molar-refractivity contribution in [3.8, 4) is 0 Å². The molecule has 0 amide bonds. The maximum atomic E-state index is 10.0. The quantitative estimate of drug-likeness (QED) is 0.703. The SMILES string of the molecule is CC1CCC(C2(CCCC3CCC(C)C(O)C3)CC2)CC1. The van der Waals surface area contributed by atoms with E-state index in [0.717, 1.165) is 29.6 Å². The van der Waals surface area contributed by atoms with Gasteiger partial charge in [-0.15, -0.1) is 0 Å². The van der Waals surface area contributed by atoms with Crippen LogP contribution in [0.1, 0.15) is 90.9 Å². The second kappa shape index (κ2) is 6.60. The molecule has 0 aromatic heterocycles. The van der Waals surface area contributed by atoms with Crippen LogP contribution in [0, 0.1) is 29.1 Å². The van der Waals surface area contributed by atoms with E-state index in [1.807, 2.05) is 0 Å². The Hall–Kier alpha value is -0.0400. The first-order valence-electron chi connectivity index (χ1n) is 9.77. The maximum Gasteiger partial charge on any atom is 0.0568 e. The van der Waals surface area contributed by atoms with Gasteiger partial charge >= 0.3 is 0 Å². The van der Waals surface area contributed by atoms with Crippen molar-refractivity contribution in [2.24, 2.45) is 29.1 Å². The minimum Gasteiger partial charge on any atom is -0.393 e. The molecule has 3 saturated carbocycles. The fraction of sp³-hybridized carbons (Fsp3) is 1.00. The Bertz CT molecular complexity index is 325. The van der Waals surface area contributed by atoms with Crippen LogP contribution in [-0.2, 0) is 0 Å². The lowest BCUT2D eigenvalue weighted by Crippen LogP contribution is -2.27. The molecule has 0 aliphatic heterocycles. The van der Waals surface area contributed by atoms with E-state index in [0.29, 0.717) is 5.92 Å². The molecule has 0 radical (unpaired) electrons. The highest BCUT2D eigenvalue weighted by atomic mass is 16.3. The molecule has 0 heterocycles. The van der Waals surface area contributed by atoms with Gasteiger partial charge in [0.15, 0.2) is 0 Å². The predicted molar refractivity (Wildman–Crippen MR) is 89.2 cm³/mol. The van der Waals surface area contributed by atoms with Crippen molar-refractivity contribution in [1.82, 2.24) is 0 Å². The Kier molecular flexibility index (Phi) is 4.98. The van der Waals surface area contributed by atoms with Crippen LogP contribution >= 0.6 is 0 Å². The zero-order valence-corrected chi connectivity index (χ0v) is 14.3. The molecular formula is C20H36O. The molecule has 1 nitrogen and oxygen atoms in total. The monoisotopic (exact) mass is 292 g/mol. The summed E-state index contributed by atoms with van der Waals surface area (Å²) >= 11 is 0. The van der Waals surface area contributed by atoms with Crippen molar-refractivity contribution in [3.63, 3.8) is 0 Å². The predicted octanol–water partition coefficient (Wildman–Crippen LogP) is 5.56. The van der Waals surface area contributed by atoms with Crippen LogP contribution in [0.15, 0.2) is 0 Å². The third kappa shape index (κ3) is 3.84. The second-order valence-corrected chi connectivity index (χ2v) is 8.94. The van der Waals surface area contributed by atoms with Crippen molar-refractivity contribution >= 4 is 0 Å². The third-order valence-electron chi connectivity index (χ3n) is 7.32. The van der Waals surface area contributed by atoms with Gasteiger partial charge < -0.3 is 5.11 Å². The highest BCUT2D eigenvalue weighted by Crippen LogP contribution is 2.60. The van der Waals surface area contributed by atoms with E-state index in [2.05, 4.69) is 13.8 Å². The summed E-state index contributed by atoms with van der Waals surface area (Å²) in [5.74, 6) is 3.41. The molecule has 3 rings (SSSR count). The molecule has 1 heteroatoms. The molecule has 0 bridgehead atoms. The molecule has 21 heavy (non-hydrogen) atoms. The van der Waals surface area contributed by atoms with Gasteiger partial charge in [0.25, 0.3) is 0 Å². The molecule has 0 spiro atoms. The fourth-order valence-electron chi connectivity index (χ4n) is 5.28. The van der Waals surface area contributed by atoms with Gasteiger partial charge in [-0.05, 0) is 74.0 Å². The molecule has 0 aromatic rings. The van der Waals surface area contributed by atoms with Crippen LogP contribution in [-0.4, -0.2) is 11.2 Å². The minimum absolute atomic E-state index is 0.0153. The van der Waals surface area contributed by atoms with Gasteiger partial charge in [0.05, 0.1) is 6.10 Å². The fourth-order valence-corrected chi connectivity index (χ4v) is 5.28. The average molecular weight is 293 g/mol. The molecule has 3 aliphatic carbocycles. The largest absolute Gasteiger partial charge is 0.393 e. The molecule has 3 aliphatic rings. The normalized spacial score (nSPS) is 42.7. The highest BCUT2D eigenvalue weighted by Gasteiger charge is 2.48. The summed E-state index contributed by atoms with van der Waals surface area (Å²) in [4.78, 5) is 0. The summed E-state index contributed by atoms with van der Waals surface area (Å²) in [5.41, 5.74) is 0.778. The van der Waals surface area contributed by atoms with E-state index >= 15 is 0 Å². The molecule has 3 atom stereocenters. The number of rotatable bonds is 5. The van der Waals surface area contributed by atoms with Crippen LogP contribution in [0.4, 0.5) is 0 Å². The molecule has 3 fully saturated rings.